The van der Waals surface area contributed by atoms with E-state index < -0.39 is 0 Å². The number of nitrogens with two attached hydrogens (primary N) is 1. The van der Waals surface area contributed by atoms with Crippen molar-refractivity contribution < 1.29 is 9.59 Å². The zero-order valence-corrected chi connectivity index (χ0v) is 15.3. The molecule has 0 aliphatic heterocycles. The fraction of sp³-hybridized carbons (Fsp3) is 0.333. The van der Waals surface area contributed by atoms with Crippen LogP contribution in [-0.4, -0.2) is 11.8 Å². The van der Waals surface area contributed by atoms with Gasteiger partial charge in [0, 0.05) is 26.3 Å². The van der Waals surface area contributed by atoms with Gasteiger partial charge in [0.2, 0.25) is 11.8 Å². The van der Waals surface area contributed by atoms with Gasteiger partial charge in [-0.15, -0.1) is 0 Å². The standard InChI is InChI=1S/C12H14Br3N3O2/c13-7-5-9(15)10(6-8(7)14)17-11(19)3-1-2-4-12(20)18-16/h5-6H,1-4,16H2,(H,17,19)(H,18,20). The SMILES string of the molecule is NNC(=O)CCCCC(=O)Nc1cc(Br)c(Br)cc1Br. The molecule has 4 N–H and O–H groups in total. The number of carbonyl (C=O) groups excluding carboxylic acids is 2. The molecular formula is C12H14Br3N3O2. The Morgan fingerprint density at radius 1 is 0.950 bits per heavy atom. The second kappa shape index (κ2) is 8.76. The number of hydrogen-bond donors (Lipinski definition) is 3. The molecule has 20 heavy (non-hydrogen) atoms. The molecule has 0 bridgehead atoms. The monoisotopic (exact) mass is 469 g/mol. The van der Waals surface area contributed by atoms with Crippen molar-refractivity contribution in [1.82, 2.24) is 5.43 Å². The molecule has 0 unspecified atom stereocenters. The summed E-state index contributed by atoms with van der Waals surface area (Å²) in [5, 5.41) is 2.82. The topological polar surface area (TPSA) is 84.2 Å². The number of amides is 2. The largest absolute Gasteiger partial charge is 0.325 e. The van der Waals surface area contributed by atoms with Crippen molar-refractivity contribution in [2.24, 2.45) is 5.84 Å². The van der Waals surface area contributed by atoms with E-state index in [1.54, 1.807) is 0 Å². The van der Waals surface area contributed by atoms with Crippen LogP contribution in [0.2, 0.25) is 0 Å². The van der Waals surface area contributed by atoms with Crippen LogP contribution in [0.4, 0.5) is 5.69 Å². The smallest absolute Gasteiger partial charge is 0.233 e. The molecule has 1 rings (SSSR count). The van der Waals surface area contributed by atoms with Gasteiger partial charge in [0.25, 0.3) is 0 Å². The van der Waals surface area contributed by atoms with E-state index in [4.69, 9.17) is 5.84 Å². The zero-order chi connectivity index (χ0) is 15.1. The van der Waals surface area contributed by atoms with E-state index in [9.17, 15) is 9.59 Å². The van der Waals surface area contributed by atoms with Crippen molar-refractivity contribution in [2.45, 2.75) is 25.7 Å². The average molecular weight is 472 g/mol. The Morgan fingerprint density at radius 3 is 2.10 bits per heavy atom. The molecule has 2 amide bonds. The van der Waals surface area contributed by atoms with Gasteiger partial charge in [-0.3, -0.25) is 15.0 Å². The third-order valence-electron chi connectivity index (χ3n) is 2.50. The molecule has 1 aromatic carbocycles. The van der Waals surface area contributed by atoms with Gasteiger partial charge in [-0.25, -0.2) is 5.84 Å². The zero-order valence-electron chi connectivity index (χ0n) is 10.5. The lowest BCUT2D eigenvalue weighted by Crippen LogP contribution is -2.29. The van der Waals surface area contributed by atoms with Crippen LogP contribution in [0.25, 0.3) is 0 Å². The van der Waals surface area contributed by atoms with E-state index >= 15 is 0 Å². The maximum Gasteiger partial charge on any atom is 0.233 e. The first-order valence-electron chi connectivity index (χ1n) is 5.88. The van der Waals surface area contributed by atoms with Crippen molar-refractivity contribution in [3.63, 3.8) is 0 Å². The van der Waals surface area contributed by atoms with Crippen LogP contribution in [0.3, 0.4) is 0 Å². The predicted octanol–water partition coefficient (Wildman–Crippen LogP) is 3.46. The van der Waals surface area contributed by atoms with E-state index in [0.29, 0.717) is 31.4 Å². The summed E-state index contributed by atoms with van der Waals surface area (Å²) >= 11 is 10.2. The molecule has 0 heterocycles. The first-order valence-corrected chi connectivity index (χ1v) is 8.25. The second-order valence-corrected chi connectivity index (χ2v) is 6.63. The number of anilines is 1. The van der Waals surface area contributed by atoms with Crippen LogP contribution >= 0.6 is 47.8 Å². The quantitative estimate of drug-likeness (QED) is 0.195. The van der Waals surface area contributed by atoms with Crippen LogP contribution in [0.1, 0.15) is 25.7 Å². The Morgan fingerprint density at radius 2 is 1.50 bits per heavy atom. The molecule has 0 atom stereocenters. The number of benzene rings is 1. The van der Waals surface area contributed by atoms with E-state index in [0.717, 1.165) is 13.4 Å². The van der Waals surface area contributed by atoms with E-state index in [1.807, 2.05) is 12.1 Å². The Labute approximate surface area is 142 Å². The molecule has 0 spiro atoms. The van der Waals surface area contributed by atoms with E-state index in [-0.39, 0.29) is 11.8 Å². The maximum atomic E-state index is 11.8. The minimum atomic E-state index is -0.218. The molecule has 0 aliphatic carbocycles. The van der Waals surface area contributed by atoms with Gasteiger partial charge in [0.1, 0.15) is 0 Å². The molecule has 0 saturated carbocycles. The Hall–Kier alpha value is -0.440. The first-order chi connectivity index (χ1) is 9.43. The van der Waals surface area contributed by atoms with Crippen molar-refractivity contribution in [3.05, 3.63) is 25.6 Å². The minimum absolute atomic E-state index is 0.0897. The van der Waals surface area contributed by atoms with Gasteiger partial charge >= 0.3 is 0 Å². The van der Waals surface area contributed by atoms with Crippen LogP contribution in [0.15, 0.2) is 25.6 Å². The minimum Gasteiger partial charge on any atom is -0.325 e. The number of nitrogens with one attached hydrogen (secondary N) is 2. The predicted molar refractivity (Wildman–Crippen MR) is 89.0 cm³/mol. The normalized spacial score (nSPS) is 10.2. The van der Waals surface area contributed by atoms with Gasteiger partial charge in [0.05, 0.1) is 5.69 Å². The molecule has 5 nitrogen and oxygen atoms in total. The van der Waals surface area contributed by atoms with Crippen molar-refractivity contribution >= 4 is 65.3 Å². The number of carbonyl (C=O) groups is 2. The van der Waals surface area contributed by atoms with Crippen LogP contribution in [0, 0.1) is 0 Å². The highest BCUT2D eigenvalue weighted by molar-refractivity contribution is 9.13. The fourth-order valence-electron chi connectivity index (χ4n) is 1.47. The summed E-state index contributed by atoms with van der Waals surface area (Å²) in [6, 6.07) is 3.67. The molecule has 0 aliphatic rings. The molecule has 0 fully saturated rings. The number of hydrazine groups is 1. The van der Waals surface area contributed by atoms with Gasteiger partial charge < -0.3 is 5.32 Å². The van der Waals surface area contributed by atoms with E-state index in [1.165, 1.54) is 0 Å². The van der Waals surface area contributed by atoms with Gasteiger partial charge in [-0.1, -0.05) is 0 Å². The summed E-state index contributed by atoms with van der Waals surface area (Å²) in [6.07, 6.45) is 1.95. The van der Waals surface area contributed by atoms with Crippen molar-refractivity contribution in [2.75, 3.05) is 5.32 Å². The van der Waals surface area contributed by atoms with Crippen LogP contribution in [-0.2, 0) is 9.59 Å². The Kier molecular flexibility index (Phi) is 7.71. The molecule has 110 valence electrons. The van der Waals surface area contributed by atoms with Gasteiger partial charge in [-0.2, -0.15) is 0 Å². The summed E-state index contributed by atoms with van der Waals surface area (Å²) in [4.78, 5) is 22.7. The number of halogens is 3. The van der Waals surface area contributed by atoms with Crippen molar-refractivity contribution in [3.8, 4) is 0 Å². The molecule has 8 heteroatoms. The fourth-order valence-corrected chi connectivity index (χ4v) is 2.91. The number of rotatable bonds is 6. The molecule has 0 saturated heterocycles. The van der Waals surface area contributed by atoms with E-state index in [2.05, 4.69) is 58.5 Å². The molecule has 0 aromatic heterocycles. The third kappa shape index (κ3) is 5.90. The molecule has 1 aromatic rings. The van der Waals surface area contributed by atoms with Crippen molar-refractivity contribution in [1.29, 1.82) is 0 Å². The summed E-state index contributed by atoms with van der Waals surface area (Å²) in [5.41, 5.74) is 2.76. The molecular weight excluding hydrogens is 458 g/mol. The summed E-state index contributed by atoms with van der Waals surface area (Å²) in [6.45, 7) is 0. The summed E-state index contributed by atoms with van der Waals surface area (Å²) < 4.78 is 2.55. The lowest BCUT2D eigenvalue weighted by molar-refractivity contribution is -0.121. The number of hydrogen-bond acceptors (Lipinski definition) is 3. The van der Waals surface area contributed by atoms with Crippen LogP contribution < -0.4 is 16.6 Å². The summed E-state index contributed by atoms with van der Waals surface area (Å²) in [7, 11) is 0. The maximum absolute atomic E-state index is 11.8. The first kappa shape index (κ1) is 17.6. The lowest BCUT2D eigenvalue weighted by atomic mass is 10.2. The second-order valence-electron chi connectivity index (χ2n) is 4.07. The number of unbranched alkanes of at least 4 members (excludes halogenated alkanes) is 1. The lowest BCUT2D eigenvalue weighted by Gasteiger charge is -2.09. The highest BCUT2D eigenvalue weighted by atomic mass is 79.9. The Balaban J connectivity index is 2.43. The highest BCUT2D eigenvalue weighted by Crippen LogP contribution is 2.33. The average Bonchev–Trinajstić information content (AvgIpc) is 2.40. The third-order valence-corrected chi connectivity index (χ3v) is 5.00. The Bertz CT molecular complexity index is 509. The van der Waals surface area contributed by atoms with Gasteiger partial charge in [-0.05, 0) is 72.8 Å². The highest BCUT2D eigenvalue weighted by Gasteiger charge is 2.09. The molecule has 0 radical (unpaired) electrons. The summed E-state index contributed by atoms with van der Waals surface area (Å²) in [5.74, 6) is 4.66. The van der Waals surface area contributed by atoms with Crippen LogP contribution in [0.5, 0.6) is 0 Å². The van der Waals surface area contributed by atoms with Gasteiger partial charge in [0.15, 0.2) is 0 Å².